The molecule has 1 aliphatic rings. The lowest BCUT2D eigenvalue weighted by Gasteiger charge is -2.29. The van der Waals surface area contributed by atoms with Crippen molar-refractivity contribution >= 4 is 11.6 Å². The first-order chi connectivity index (χ1) is 12.2. The third kappa shape index (κ3) is 4.01. The fourth-order valence-corrected chi connectivity index (χ4v) is 3.48. The highest BCUT2D eigenvalue weighted by atomic mass is 16.2. The second kappa shape index (κ2) is 8.15. The van der Waals surface area contributed by atoms with Crippen molar-refractivity contribution in [2.75, 3.05) is 24.5 Å². The number of carbonyl (C=O) groups excluding carboxylic acids is 1. The van der Waals surface area contributed by atoms with Gasteiger partial charge in [0.05, 0.1) is 17.4 Å². The monoisotopic (exact) mass is 337 g/mol. The molecule has 0 saturated carbocycles. The van der Waals surface area contributed by atoms with Crippen molar-refractivity contribution in [3.63, 3.8) is 0 Å². The summed E-state index contributed by atoms with van der Waals surface area (Å²) in [6.45, 7) is 7.79. The van der Waals surface area contributed by atoms with Gasteiger partial charge in [0.15, 0.2) is 0 Å². The van der Waals surface area contributed by atoms with Gasteiger partial charge in [-0.15, -0.1) is 0 Å². The predicted octanol–water partition coefficient (Wildman–Crippen LogP) is 3.91. The summed E-state index contributed by atoms with van der Waals surface area (Å²) in [5, 5.41) is 0. The molecule has 0 saturated heterocycles. The molecular formula is C21H27N3O. The third-order valence-corrected chi connectivity index (χ3v) is 4.74. The molecule has 0 unspecified atom stereocenters. The van der Waals surface area contributed by atoms with E-state index in [9.17, 15) is 4.79 Å². The van der Waals surface area contributed by atoms with Gasteiger partial charge in [0, 0.05) is 32.4 Å². The molecule has 1 aromatic heterocycles. The number of benzene rings is 1. The van der Waals surface area contributed by atoms with Crippen LogP contribution < -0.4 is 4.90 Å². The minimum atomic E-state index is 0.0804. The summed E-state index contributed by atoms with van der Waals surface area (Å²) >= 11 is 0. The number of fused-ring (bicyclic) bond motifs is 1. The smallest absolute Gasteiger partial charge is 0.255 e. The molecule has 4 nitrogen and oxygen atoms in total. The number of aromatic nitrogens is 1. The summed E-state index contributed by atoms with van der Waals surface area (Å²) in [7, 11) is 0. The van der Waals surface area contributed by atoms with Crippen LogP contribution >= 0.6 is 0 Å². The summed E-state index contributed by atoms with van der Waals surface area (Å²) in [5.41, 5.74) is 4.35. The van der Waals surface area contributed by atoms with Crippen LogP contribution in [0, 0.1) is 0 Å². The molecule has 0 aliphatic carbocycles. The number of amides is 1. The highest BCUT2D eigenvalue weighted by Gasteiger charge is 2.22. The molecule has 132 valence electrons. The third-order valence-electron chi connectivity index (χ3n) is 4.74. The number of pyridine rings is 1. The zero-order chi connectivity index (χ0) is 17.6. The normalized spacial score (nSPS) is 13.4. The minimum Gasteiger partial charge on any atom is -0.370 e. The van der Waals surface area contributed by atoms with Crippen LogP contribution in [0.25, 0.3) is 0 Å². The van der Waals surface area contributed by atoms with Crippen LogP contribution in [0.2, 0.25) is 0 Å². The van der Waals surface area contributed by atoms with E-state index in [0.29, 0.717) is 12.1 Å². The minimum absolute atomic E-state index is 0.0804. The largest absolute Gasteiger partial charge is 0.370 e. The molecule has 0 atom stereocenters. The van der Waals surface area contributed by atoms with Crippen molar-refractivity contribution in [2.45, 2.75) is 39.7 Å². The van der Waals surface area contributed by atoms with Gasteiger partial charge in [-0.2, -0.15) is 0 Å². The summed E-state index contributed by atoms with van der Waals surface area (Å²) in [6.07, 6.45) is 6.66. The van der Waals surface area contributed by atoms with E-state index in [-0.39, 0.29) is 5.91 Å². The molecule has 0 bridgehead atoms. The maximum Gasteiger partial charge on any atom is 0.255 e. The van der Waals surface area contributed by atoms with E-state index in [1.54, 1.807) is 6.20 Å². The van der Waals surface area contributed by atoms with Gasteiger partial charge in [-0.05, 0) is 36.5 Å². The number of nitrogens with zero attached hydrogens (tertiary/aromatic N) is 3. The molecule has 2 heterocycles. The number of rotatable bonds is 6. The van der Waals surface area contributed by atoms with Gasteiger partial charge in [-0.25, -0.2) is 0 Å². The summed E-state index contributed by atoms with van der Waals surface area (Å²) in [4.78, 5) is 21.6. The average molecular weight is 337 g/mol. The van der Waals surface area contributed by atoms with E-state index in [0.717, 1.165) is 44.6 Å². The number of carbonyl (C=O) groups is 1. The van der Waals surface area contributed by atoms with Gasteiger partial charge >= 0.3 is 0 Å². The Morgan fingerprint density at radius 3 is 2.56 bits per heavy atom. The van der Waals surface area contributed by atoms with Gasteiger partial charge in [0.2, 0.25) is 0 Å². The quantitative estimate of drug-likeness (QED) is 0.802. The average Bonchev–Trinajstić information content (AvgIpc) is 2.67. The molecule has 1 aromatic carbocycles. The first-order valence-electron chi connectivity index (χ1n) is 9.29. The van der Waals surface area contributed by atoms with Gasteiger partial charge in [-0.1, -0.05) is 38.1 Å². The Labute approximate surface area is 150 Å². The van der Waals surface area contributed by atoms with Gasteiger partial charge in [0.1, 0.15) is 0 Å². The number of anilines is 1. The SMILES string of the molecule is CCCN(CCC)c1cncc(C(=O)N2CCc3ccccc3C2)c1. The lowest BCUT2D eigenvalue weighted by atomic mass is 9.99. The molecule has 0 spiro atoms. The van der Waals surface area contributed by atoms with Gasteiger partial charge in [0.25, 0.3) is 5.91 Å². The predicted molar refractivity (Wildman–Crippen MR) is 102 cm³/mol. The van der Waals surface area contributed by atoms with E-state index in [1.807, 2.05) is 23.2 Å². The highest BCUT2D eigenvalue weighted by Crippen LogP contribution is 2.22. The fourth-order valence-electron chi connectivity index (χ4n) is 3.48. The van der Waals surface area contributed by atoms with Crippen molar-refractivity contribution < 1.29 is 4.79 Å². The molecular weight excluding hydrogens is 310 g/mol. The maximum atomic E-state index is 13.0. The highest BCUT2D eigenvalue weighted by molar-refractivity contribution is 5.95. The van der Waals surface area contributed by atoms with Crippen LogP contribution in [0.3, 0.4) is 0 Å². The molecule has 1 amide bonds. The summed E-state index contributed by atoms with van der Waals surface area (Å²) in [6, 6.07) is 10.4. The van der Waals surface area contributed by atoms with E-state index >= 15 is 0 Å². The lowest BCUT2D eigenvalue weighted by molar-refractivity contribution is 0.0734. The van der Waals surface area contributed by atoms with E-state index < -0.39 is 0 Å². The Balaban J connectivity index is 1.78. The zero-order valence-corrected chi connectivity index (χ0v) is 15.2. The Morgan fingerprint density at radius 2 is 1.84 bits per heavy atom. The molecule has 0 N–H and O–H groups in total. The Bertz CT molecular complexity index is 723. The van der Waals surface area contributed by atoms with E-state index in [2.05, 4.69) is 41.9 Å². The van der Waals surface area contributed by atoms with Gasteiger partial charge < -0.3 is 9.80 Å². The van der Waals surface area contributed by atoms with Crippen molar-refractivity contribution in [1.82, 2.24) is 9.88 Å². The van der Waals surface area contributed by atoms with Crippen molar-refractivity contribution in [3.8, 4) is 0 Å². The van der Waals surface area contributed by atoms with Crippen LogP contribution in [-0.4, -0.2) is 35.4 Å². The first-order valence-corrected chi connectivity index (χ1v) is 9.29. The first kappa shape index (κ1) is 17.5. The molecule has 25 heavy (non-hydrogen) atoms. The van der Waals surface area contributed by atoms with Crippen molar-refractivity contribution in [2.24, 2.45) is 0 Å². The molecule has 4 heteroatoms. The van der Waals surface area contributed by atoms with Gasteiger partial charge in [-0.3, -0.25) is 9.78 Å². The van der Waals surface area contributed by atoms with Crippen LogP contribution in [0.1, 0.15) is 48.2 Å². The number of hydrogen-bond acceptors (Lipinski definition) is 3. The van der Waals surface area contributed by atoms with Crippen molar-refractivity contribution in [3.05, 3.63) is 59.4 Å². The second-order valence-corrected chi connectivity index (χ2v) is 6.66. The molecule has 1 aliphatic heterocycles. The standard InChI is InChI=1S/C21H27N3O/c1-3-10-23(11-4-2)20-13-19(14-22-15-20)21(25)24-12-9-17-7-5-6-8-18(17)16-24/h5-8,13-15H,3-4,9-12,16H2,1-2H3. The molecule has 0 radical (unpaired) electrons. The Hall–Kier alpha value is -2.36. The molecule has 2 aromatic rings. The van der Waals surface area contributed by atoms with Crippen LogP contribution in [0.5, 0.6) is 0 Å². The zero-order valence-electron chi connectivity index (χ0n) is 15.2. The molecule has 3 rings (SSSR count). The summed E-state index contributed by atoms with van der Waals surface area (Å²) in [5.74, 6) is 0.0804. The Kier molecular flexibility index (Phi) is 5.69. The van der Waals surface area contributed by atoms with E-state index in [4.69, 9.17) is 0 Å². The maximum absolute atomic E-state index is 13.0. The topological polar surface area (TPSA) is 36.4 Å². The number of hydrogen-bond donors (Lipinski definition) is 0. The molecule has 0 fully saturated rings. The van der Waals surface area contributed by atoms with Crippen LogP contribution in [0.4, 0.5) is 5.69 Å². The fraction of sp³-hybridized carbons (Fsp3) is 0.429. The second-order valence-electron chi connectivity index (χ2n) is 6.66. The van der Waals surface area contributed by atoms with E-state index in [1.165, 1.54) is 11.1 Å². The Morgan fingerprint density at radius 1 is 1.12 bits per heavy atom. The van der Waals surface area contributed by atoms with Crippen molar-refractivity contribution in [1.29, 1.82) is 0 Å². The lowest BCUT2D eigenvalue weighted by Crippen LogP contribution is -2.36. The van der Waals surface area contributed by atoms with Crippen LogP contribution in [0.15, 0.2) is 42.7 Å². The van der Waals surface area contributed by atoms with Crippen LogP contribution in [-0.2, 0) is 13.0 Å². The summed E-state index contributed by atoms with van der Waals surface area (Å²) < 4.78 is 0.